The number of ketones is 1. The van der Waals surface area contributed by atoms with Gasteiger partial charge in [0, 0.05) is 22.8 Å². The third kappa shape index (κ3) is 8.30. The van der Waals surface area contributed by atoms with Gasteiger partial charge in [0.05, 0.1) is 0 Å². The fourth-order valence-corrected chi connectivity index (χ4v) is 2.40. The Bertz CT molecular complexity index is 426. The molecule has 0 aromatic heterocycles. The van der Waals surface area contributed by atoms with Crippen molar-refractivity contribution in [2.75, 3.05) is 0 Å². The molecule has 0 aliphatic heterocycles. The van der Waals surface area contributed by atoms with E-state index in [4.69, 9.17) is 5.11 Å². The Morgan fingerprint density at radius 2 is 1.50 bits per heavy atom. The van der Waals surface area contributed by atoms with Crippen LogP contribution in [0.1, 0.15) is 50.5 Å². The fraction of sp³-hybridized carbons (Fsp3) is 0.500. The maximum Gasteiger partial charge on any atom is 0.303 e. The van der Waals surface area contributed by atoms with E-state index in [0.717, 1.165) is 25.7 Å². The Hall–Kier alpha value is -0.910. The van der Waals surface area contributed by atoms with Crippen molar-refractivity contribution >= 4 is 34.3 Å². The van der Waals surface area contributed by atoms with Gasteiger partial charge in [-0.05, 0) is 66.0 Å². The number of carbonyl (C=O) groups is 2. The van der Waals surface area contributed by atoms with E-state index in [9.17, 15) is 9.59 Å². The van der Waals surface area contributed by atoms with Gasteiger partial charge in [-0.15, -0.1) is 0 Å². The normalized spacial score (nSPS) is 10.4. The highest BCUT2D eigenvalue weighted by molar-refractivity contribution is 14.1. The molecular formula is C16H21IO3. The van der Waals surface area contributed by atoms with Gasteiger partial charge in [0.25, 0.3) is 0 Å². The van der Waals surface area contributed by atoms with E-state index in [1.54, 1.807) is 0 Å². The van der Waals surface area contributed by atoms with E-state index >= 15 is 0 Å². The molecule has 1 aromatic carbocycles. The molecule has 1 N–H and O–H groups in total. The quantitative estimate of drug-likeness (QED) is 0.483. The molecule has 4 heteroatoms. The summed E-state index contributed by atoms with van der Waals surface area (Å²) in [5.41, 5.74) is 1.28. The highest BCUT2D eigenvalue weighted by atomic mass is 127. The summed E-state index contributed by atoms with van der Waals surface area (Å²) < 4.78 is 1.23. The van der Waals surface area contributed by atoms with E-state index in [0.29, 0.717) is 25.0 Å². The molecule has 0 radical (unpaired) electrons. The molecule has 0 fully saturated rings. The first-order valence-electron chi connectivity index (χ1n) is 7.06. The van der Waals surface area contributed by atoms with Crippen LogP contribution >= 0.6 is 22.6 Å². The average molecular weight is 388 g/mol. The van der Waals surface area contributed by atoms with Crippen LogP contribution in [0.2, 0.25) is 0 Å². The largest absolute Gasteiger partial charge is 0.481 e. The van der Waals surface area contributed by atoms with E-state index in [1.165, 1.54) is 9.13 Å². The summed E-state index contributed by atoms with van der Waals surface area (Å²) in [5, 5.41) is 8.50. The van der Waals surface area contributed by atoms with E-state index < -0.39 is 5.97 Å². The third-order valence-corrected chi connectivity index (χ3v) is 3.90. The highest BCUT2D eigenvalue weighted by Gasteiger charge is 2.03. The molecule has 0 saturated heterocycles. The summed E-state index contributed by atoms with van der Waals surface area (Å²) in [7, 11) is 0. The highest BCUT2D eigenvalue weighted by Crippen LogP contribution is 2.11. The van der Waals surface area contributed by atoms with Gasteiger partial charge >= 0.3 is 5.97 Å². The number of aryl methyl sites for hydroxylation is 1. The monoisotopic (exact) mass is 388 g/mol. The molecule has 3 nitrogen and oxygen atoms in total. The number of Topliss-reactive ketones (excluding diaryl/α,β-unsaturated/α-hetero) is 1. The molecule has 0 unspecified atom stereocenters. The zero-order valence-electron chi connectivity index (χ0n) is 11.6. The molecule has 20 heavy (non-hydrogen) atoms. The zero-order valence-corrected chi connectivity index (χ0v) is 13.8. The summed E-state index contributed by atoms with van der Waals surface area (Å²) in [6.07, 6.45) is 5.59. The Morgan fingerprint density at radius 3 is 2.15 bits per heavy atom. The van der Waals surface area contributed by atoms with Crippen LogP contribution in [0, 0.1) is 3.57 Å². The maximum absolute atomic E-state index is 11.7. The summed E-state index contributed by atoms with van der Waals surface area (Å²) in [6, 6.07) is 8.39. The number of carbonyl (C=O) groups excluding carboxylic acids is 1. The first-order valence-corrected chi connectivity index (χ1v) is 8.14. The number of unbranched alkanes of at least 4 members (excludes halogenated alkanes) is 2. The first-order chi connectivity index (χ1) is 9.58. The van der Waals surface area contributed by atoms with Gasteiger partial charge in [0.2, 0.25) is 0 Å². The van der Waals surface area contributed by atoms with Crippen molar-refractivity contribution in [2.45, 2.75) is 51.4 Å². The number of carboxylic acids is 1. The number of carboxylic acid groups (broad SMARTS) is 1. The van der Waals surface area contributed by atoms with Crippen LogP contribution in [-0.2, 0) is 16.0 Å². The van der Waals surface area contributed by atoms with Gasteiger partial charge in [-0.25, -0.2) is 0 Å². The van der Waals surface area contributed by atoms with Gasteiger partial charge in [0.1, 0.15) is 5.78 Å². The predicted molar refractivity (Wildman–Crippen MR) is 87.8 cm³/mol. The van der Waals surface area contributed by atoms with Crippen molar-refractivity contribution in [3.05, 3.63) is 33.4 Å². The van der Waals surface area contributed by atoms with Crippen LogP contribution in [0.5, 0.6) is 0 Å². The number of aliphatic carboxylic acids is 1. The molecular weight excluding hydrogens is 367 g/mol. The van der Waals surface area contributed by atoms with Gasteiger partial charge in [-0.1, -0.05) is 18.6 Å². The van der Waals surface area contributed by atoms with Gasteiger partial charge in [0.15, 0.2) is 0 Å². The molecule has 0 saturated carbocycles. The third-order valence-electron chi connectivity index (χ3n) is 3.18. The molecule has 1 aromatic rings. The lowest BCUT2D eigenvalue weighted by molar-refractivity contribution is -0.137. The number of hydrogen-bond acceptors (Lipinski definition) is 2. The lowest BCUT2D eigenvalue weighted by atomic mass is 10.0. The molecule has 110 valence electrons. The minimum atomic E-state index is -0.756. The topological polar surface area (TPSA) is 54.4 Å². The molecule has 1 rings (SSSR count). The summed E-state index contributed by atoms with van der Waals surface area (Å²) in [4.78, 5) is 22.0. The smallest absolute Gasteiger partial charge is 0.303 e. The van der Waals surface area contributed by atoms with Crippen molar-refractivity contribution < 1.29 is 14.7 Å². The van der Waals surface area contributed by atoms with Crippen LogP contribution in [0.25, 0.3) is 0 Å². The molecule has 0 bridgehead atoms. The second kappa shape index (κ2) is 9.91. The Balaban J connectivity index is 2.05. The number of rotatable bonds is 10. The van der Waals surface area contributed by atoms with Crippen LogP contribution in [-0.4, -0.2) is 16.9 Å². The fourth-order valence-electron chi connectivity index (χ4n) is 2.04. The van der Waals surface area contributed by atoms with E-state index in [1.807, 2.05) is 0 Å². The van der Waals surface area contributed by atoms with Crippen LogP contribution in [0.4, 0.5) is 0 Å². The minimum Gasteiger partial charge on any atom is -0.481 e. The Morgan fingerprint density at radius 1 is 0.900 bits per heavy atom. The Labute approximate surface area is 133 Å². The maximum atomic E-state index is 11.7. The summed E-state index contributed by atoms with van der Waals surface area (Å²) >= 11 is 2.28. The molecule has 0 amide bonds. The van der Waals surface area contributed by atoms with Crippen molar-refractivity contribution in [3.8, 4) is 0 Å². The molecule has 0 heterocycles. The number of hydrogen-bond donors (Lipinski definition) is 1. The summed E-state index contributed by atoms with van der Waals surface area (Å²) in [5.74, 6) is -0.459. The van der Waals surface area contributed by atoms with Crippen molar-refractivity contribution in [2.24, 2.45) is 0 Å². The molecule has 0 aliphatic rings. The van der Waals surface area contributed by atoms with Crippen LogP contribution in [0.3, 0.4) is 0 Å². The van der Waals surface area contributed by atoms with Crippen molar-refractivity contribution in [1.82, 2.24) is 0 Å². The number of halogens is 1. The lowest BCUT2D eigenvalue weighted by Crippen LogP contribution is -2.00. The lowest BCUT2D eigenvalue weighted by Gasteiger charge is -2.02. The second-order valence-electron chi connectivity index (χ2n) is 4.97. The molecule has 0 atom stereocenters. The van der Waals surface area contributed by atoms with Gasteiger partial charge < -0.3 is 5.11 Å². The Kier molecular flexibility index (Phi) is 8.49. The van der Waals surface area contributed by atoms with Gasteiger partial charge in [-0.2, -0.15) is 0 Å². The van der Waals surface area contributed by atoms with Gasteiger partial charge in [-0.3, -0.25) is 9.59 Å². The van der Waals surface area contributed by atoms with Crippen LogP contribution in [0.15, 0.2) is 24.3 Å². The van der Waals surface area contributed by atoms with E-state index in [-0.39, 0.29) is 6.42 Å². The molecule has 0 spiro atoms. The van der Waals surface area contributed by atoms with Crippen LogP contribution < -0.4 is 0 Å². The van der Waals surface area contributed by atoms with Crippen molar-refractivity contribution in [3.63, 3.8) is 0 Å². The zero-order chi connectivity index (χ0) is 14.8. The second-order valence-corrected chi connectivity index (χ2v) is 6.22. The summed E-state index contributed by atoms with van der Waals surface area (Å²) in [6.45, 7) is 0. The van der Waals surface area contributed by atoms with E-state index in [2.05, 4.69) is 46.9 Å². The predicted octanol–water partition coefficient (Wildman–Crippen LogP) is 4.22. The first kappa shape index (κ1) is 17.1. The average Bonchev–Trinajstić information content (AvgIpc) is 2.40. The number of benzene rings is 1. The van der Waals surface area contributed by atoms with Crippen molar-refractivity contribution in [1.29, 1.82) is 0 Å². The molecule has 0 aliphatic carbocycles. The standard InChI is InChI=1S/C16H21IO3/c17-14-11-9-13(10-12-14)5-4-7-15(18)6-2-1-3-8-16(19)20/h9-12H,1-8H2,(H,19,20). The SMILES string of the molecule is O=C(O)CCCCCC(=O)CCCc1ccc(I)cc1. The minimum absolute atomic E-state index is 0.209.